The molecule has 2 rings (SSSR count). The van der Waals surface area contributed by atoms with Crippen LogP contribution in [-0.4, -0.2) is 32.7 Å². The van der Waals surface area contributed by atoms with Gasteiger partial charge in [-0.05, 0) is 43.3 Å². The van der Waals surface area contributed by atoms with Crippen molar-refractivity contribution in [2.24, 2.45) is 0 Å². The Hall–Kier alpha value is -1.80. The van der Waals surface area contributed by atoms with E-state index in [2.05, 4.69) is 5.32 Å². The summed E-state index contributed by atoms with van der Waals surface area (Å²) in [5, 5.41) is 3.17. The van der Waals surface area contributed by atoms with E-state index in [0.29, 0.717) is 15.7 Å². The van der Waals surface area contributed by atoms with Crippen molar-refractivity contribution < 1.29 is 22.7 Å². The Bertz CT molecular complexity index is 987. The molecule has 1 amide bonds. The van der Waals surface area contributed by atoms with Crippen LogP contribution in [0.25, 0.3) is 0 Å². The van der Waals surface area contributed by atoms with E-state index in [-0.39, 0.29) is 15.5 Å². The summed E-state index contributed by atoms with van der Waals surface area (Å²) >= 11 is 17.7. The van der Waals surface area contributed by atoms with Crippen molar-refractivity contribution in [3.63, 3.8) is 0 Å². The van der Waals surface area contributed by atoms with E-state index >= 15 is 0 Å². The SMILES string of the molecule is C[C@@H](OC(=O)c1cc(S(C)(=O)=O)ccc1Cl)C(=O)Nc1cc(Cl)cc(Cl)c1. The fourth-order valence-electron chi connectivity index (χ4n) is 2.04. The van der Waals surface area contributed by atoms with Crippen molar-refractivity contribution in [2.75, 3.05) is 11.6 Å². The maximum absolute atomic E-state index is 12.3. The highest BCUT2D eigenvalue weighted by Crippen LogP contribution is 2.24. The van der Waals surface area contributed by atoms with Crippen LogP contribution >= 0.6 is 34.8 Å². The average molecular weight is 451 g/mol. The molecule has 2 aromatic carbocycles. The summed E-state index contributed by atoms with van der Waals surface area (Å²) in [4.78, 5) is 24.4. The third kappa shape index (κ3) is 5.84. The summed E-state index contributed by atoms with van der Waals surface area (Å²) in [6, 6.07) is 8.10. The Kier molecular flexibility index (Phi) is 6.75. The number of sulfone groups is 1. The highest BCUT2D eigenvalue weighted by molar-refractivity contribution is 7.90. The van der Waals surface area contributed by atoms with Crippen LogP contribution in [0.2, 0.25) is 15.1 Å². The summed E-state index contributed by atoms with van der Waals surface area (Å²) in [7, 11) is -3.54. The molecule has 0 radical (unpaired) electrons. The average Bonchev–Trinajstić information content (AvgIpc) is 2.52. The summed E-state index contributed by atoms with van der Waals surface area (Å²) in [6.07, 6.45) is -0.189. The van der Waals surface area contributed by atoms with Crippen LogP contribution in [-0.2, 0) is 19.4 Å². The first-order valence-electron chi connectivity index (χ1n) is 7.45. The van der Waals surface area contributed by atoms with Crippen molar-refractivity contribution in [2.45, 2.75) is 17.9 Å². The van der Waals surface area contributed by atoms with Crippen LogP contribution in [0.1, 0.15) is 17.3 Å². The van der Waals surface area contributed by atoms with Gasteiger partial charge in [0.05, 0.1) is 15.5 Å². The predicted molar refractivity (Wildman–Crippen MR) is 105 cm³/mol. The molecule has 0 fully saturated rings. The first kappa shape index (κ1) is 21.5. The monoisotopic (exact) mass is 449 g/mol. The van der Waals surface area contributed by atoms with Crippen molar-refractivity contribution in [1.29, 1.82) is 0 Å². The van der Waals surface area contributed by atoms with Gasteiger partial charge >= 0.3 is 5.97 Å². The number of anilines is 1. The smallest absolute Gasteiger partial charge is 0.340 e. The molecule has 0 spiro atoms. The van der Waals surface area contributed by atoms with E-state index in [9.17, 15) is 18.0 Å². The van der Waals surface area contributed by atoms with Crippen molar-refractivity contribution in [3.05, 3.63) is 57.0 Å². The van der Waals surface area contributed by atoms with Crippen molar-refractivity contribution in [1.82, 2.24) is 0 Å². The molecule has 0 heterocycles. The molecule has 0 unspecified atom stereocenters. The minimum atomic E-state index is -3.54. The van der Waals surface area contributed by atoms with E-state index in [4.69, 9.17) is 39.5 Å². The second-order valence-electron chi connectivity index (χ2n) is 5.61. The molecule has 10 heteroatoms. The third-order valence-electron chi connectivity index (χ3n) is 3.37. The van der Waals surface area contributed by atoms with E-state index in [1.165, 1.54) is 37.3 Å². The highest BCUT2D eigenvalue weighted by Gasteiger charge is 2.22. The molecule has 6 nitrogen and oxygen atoms in total. The number of ether oxygens (including phenoxy) is 1. The Morgan fingerprint density at radius 1 is 1.04 bits per heavy atom. The van der Waals surface area contributed by atoms with Gasteiger partial charge in [-0.25, -0.2) is 13.2 Å². The summed E-state index contributed by atoms with van der Waals surface area (Å²) in [6.45, 7) is 1.35. The zero-order valence-corrected chi connectivity index (χ0v) is 17.2. The van der Waals surface area contributed by atoms with Crippen molar-refractivity contribution in [3.8, 4) is 0 Å². The van der Waals surface area contributed by atoms with Gasteiger partial charge in [-0.1, -0.05) is 34.8 Å². The van der Waals surface area contributed by atoms with Gasteiger partial charge in [0.1, 0.15) is 0 Å². The minimum Gasteiger partial charge on any atom is -0.449 e. The van der Waals surface area contributed by atoms with Gasteiger partial charge in [-0.15, -0.1) is 0 Å². The number of halogens is 3. The lowest BCUT2D eigenvalue weighted by Crippen LogP contribution is -2.30. The van der Waals surface area contributed by atoms with Crippen LogP contribution in [0.4, 0.5) is 5.69 Å². The minimum absolute atomic E-state index is 0.00151. The normalized spacial score (nSPS) is 12.3. The van der Waals surface area contributed by atoms with Gasteiger partial charge < -0.3 is 10.1 Å². The number of hydrogen-bond donors (Lipinski definition) is 1. The van der Waals surface area contributed by atoms with E-state index in [0.717, 1.165) is 12.3 Å². The first-order valence-corrected chi connectivity index (χ1v) is 10.5. The maximum atomic E-state index is 12.3. The zero-order valence-electron chi connectivity index (χ0n) is 14.1. The van der Waals surface area contributed by atoms with Crippen LogP contribution in [0.5, 0.6) is 0 Å². The highest BCUT2D eigenvalue weighted by atomic mass is 35.5. The predicted octanol–water partition coefficient (Wildman–Crippen LogP) is 4.23. The van der Waals surface area contributed by atoms with Gasteiger partial charge in [0.25, 0.3) is 5.91 Å². The topological polar surface area (TPSA) is 89.5 Å². The number of hydrogen-bond acceptors (Lipinski definition) is 5. The first-order chi connectivity index (χ1) is 12.5. The Morgan fingerprint density at radius 3 is 2.19 bits per heavy atom. The Labute approximate surface area is 171 Å². The number of benzene rings is 2. The standard InChI is InChI=1S/C17H14Cl3NO5S/c1-9(16(22)21-12-6-10(18)5-11(19)7-12)26-17(23)14-8-13(27(2,24)25)3-4-15(14)20/h3-9H,1-2H3,(H,21,22)/t9-/m1/s1. The molecular formula is C17H14Cl3NO5S. The summed E-state index contributed by atoms with van der Waals surface area (Å²) < 4.78 is 28.3. The van der Waals surface area contributed by atoms with Gasteiger partial charge in [-0.2, -0.15) is 0 Å². The number of carbonyl (C=O) groups excluding carboxylic acids is 2. The molecule has 0 saturated carbocycles. The molecule has 0 saturated heterocycles. The third-order valence-corrected chi connectivity index (χ3v) is 5.25. The fourth-order valence-corrected chi connectivity index (χ4v) is 3.41. The van der Waals surface area contributed by atoms with Crippen LogP contribution < -0.4 is 5.32 Å². The zero-order chi connectivity index (χ0) is 20.4. The summed E-state index contributed by atoms with van der Waals surface area (Å²) in [5.41, 5.74) is 0.169. The molecule has 0 aliphatic carbocycles. The number of amides is 1. The molecule has 0 aliphatic rings. The summed E-state index contributed by atoms with van der Waals surface area (Å²) in [5.74, 6) is -1.56. The van der Waals surface area contributed by atoms with Gasteiger partial charge in [-0.3, -0.25) is 4.79 Å². The van der Waals surface area contributed by atoms with Crippen LogP contribution in [0.3, 0.4) is 0 Å². The molecular weight excluding hydrogens is 437 g/mol. The van der Waals surface area contributed by atoms with Gasteiger partial charge in [0, 0.05) is 22.0 Å². The number of nitrogens with one attached hydrogen (secondary N) is 1. The van der Waals surface area contributed by atoms with Gasteiger partial charge in [0.15, 0.2) is 15.9 Å². The molecule has 1 N–H and O–H groups in total. The van der Waals surface area contributed by atoms with E-state index in [1.54, 1.807) is 0 Å². The van der Waals surface area contributed by atoms with Crippen LogP contribution in [0, 0.1) is 0 Å². The molecule has 0 aliphatic heterocycles. The van der Waals surface area contributed by atoms with E-state index in [1.807, 2.05) is 0 Å². The lowest BCUT2D eigenvalue weighted by Gasteiger charge is -2.15. The molecule has 0 aromatic heterocycles. The lowest BCUT2D eigenvalue weighted by molar-refractivity contribution is -0.123. The Morgan fingerprint density at radius 2 is 1.63 bits per heavy atom. The Balaban J connectivity index is 2.14. The second-order valence-corrected chi connectivity index (χ2v) is 8.90. The molecule has 0 bridgehead atoms. The fraction of sp³-hybridized carbons (Fsp3) is 0.176. The van der Waals surface area contributed by atoms with Crippen LogP contribution in [0.15, 0.2) is 41.3 Å². The van der Waals surface area contributed by atoms with E-state index < -0.39 is 27.8 Å². The van der Waals surface area contributed by atoms with Gasteiger partial charge in [0.2, 0.25) is 0 Å². The number of rotatable bonds is 5. The number of esters is 1. The quantitative estimate of drug-likeness (QED) is 0.688. The molecule has 2 aromatic rings. The molecule has 27 heavy (non-hydrogen) atoms. The second kappa shape index (κ2) is 8.48. The molecule has 1 atom stereocenters. The maximum Gasteiger partial charge on any atom is 0.340 e. The number of carbonyl (C=O) groups is 2. The lowest BCUT2D eigenvalue weighted by atomic mass is 10.2. The van der Waals surface area contributed by atoms with Crippen molar-refractivity contribution >= 4 is 62.2 Å². The largest absolute Gasteiger partial charge is 0.449 e. The molecule has 144 valence electrons.